The number of alkyl halides is 2. The molecule has 0 bridgehead atoms. The third kappa shape index (κ3) is 3.12. The molecule has 140 valence electrons. The van der Waals surface area contributed by atoms with Crippen LogP contribution in [0.1, 0.15) is 12.4 Å². The summed E-state index contributed by atoms with van der Waals surface area (Å²) in [6.45, 7) is -2.92. The molecule has 2 aromatic carbocycles. The van der Waals surface area contributed by atoms with E-state index in [-0.39, 0.29) is 23.0 Å². The summed E-state index contributed by atoms with van der Waals surface area (Å²) in [5, 5.41) is 9.61. The molecule has 0 atom stereocenters. The van der Waals surface area contributed by atoms with Gasteiger partial charge in [0.25, 0.3) is 5.56 Å². The second-order valence-corrected chi connectivity index (χ2v) is 6.86. The Morgan fingerprint density at radius 2 is 1.79 bits per heavy atom. The second-order valence-electron chi connectivity index (χ2n) is 5.91. The van der Waals surface area contributed by atoms with Crippen molar-refractivity contribution in [1.29, 1.82) is 5.26 Å². The van der Waals surface area contributed by atoms with Crippen molar-refractivity contribution in [2.45, 2.75) is 24.0 Å². The average Bonchev–Trinajstić information content (AvgIpc) is 3.07. The van der Waals surface area contributed by atoms with Gasteiger partial charge >= 0.3 is 6.55 Å². The van der Waals surface area contributed by atoms with E-state index in [1.807, 2.05) is 6.07 Å². The molecule has 0 unspecified atom stereocenters. The number of aromatic nitrogens is 4. The third-order valence-corrected chi connectivity index (χ3v) is 5.21. The highest BCUT2D eigenvalue weighted by Crippen LogP contribution is 2.30. The summed E-state index contributed by atoms with van der Waals surface area (Å²) in [7, 11) is 0. The molecule has 0 aliphatic rings. The maximum absolute atomic E-state index is 13.6. The first kappa shape index (κ1) is 18.1. The number of imidazole rings is 1. The lowest BCUT2D eigenvalue weighted by Gasteiger charge is -2.11. The molecule has 0 amide bonds. The average molecular weight is 397 g/mol. The Labute approximate surface area is 162 Å². The Balaban J connectivity index is 1.76. The number of para-hydroxylation sites is 3. The van der Waals surface area contributed by atoms with Gasteiger partial charge in [-0.1, -0.05) is 36.0 Å². The summed E-state index contributed by atoms with van der Waals surface area (Å²) >= 11 is 1.05. The van der Waals surface area contributed by atoms with Crippen molar-refractivity contribution in [3.05, 3.63) is 64.7 Å². The molecule has 2 aromatic heterocycles. The molecule has 0 aliphatic carbocycles. The van der Waals surface area contributed by atoms with E-state index < -0.39 is 6.55 Å². The lowest BCUT2D eigenvalue weighted by Crippen LogP contribution is -2.24. The van der Waals surface area contributed by atoms with Gasteiger partial charge < -0.3 is 0 Å². The largest absolute Gasteiger partial charge is 0.321 e. The zero-order chi connectivity index (χ0) is 19.7. The maximum Gasteiger partial charge on any atom is 0.321 e. The first-order valence-electron chi connectivity index (χ1n) is 8.33. The number of thioether (sulfide) groups is 1. The molecular weight excluding hydrogens is 384 g/mol. The van der Waals surface area contributed by atoms with Crippen LogP contribution in [0.2, 0.25) is 0 Å². The number of nitriles is 1. The number of benzene rings is 2. The number of halogens is 2. The first-order valence-corrected chi connectivity index (χ1v) is 9.32. The van der Waals surface area contributed by atoms with E-state index in [0.29, 0.717) is 27.8 Å². The number of hydrogen-bond donors (Lipinski definition) is 0. The molecule has 0 saturated carbocycles. The van der Waals surface area contributed by atoms with Crippen LogP contribution in [0.25, 0.3) is 21.9 Å². The minimum Gasteiger partial charge on any atom is -0.281 e. The van der Waals surface area contributed by atoms with Crippen LogP contribution in [0.5, 0.6) is 0 Å². The smallest absolute Gasteiger partial charge is 0.281 e. The highest BCUT2D eigenvalue weighted by atomic mass is 32.2. The van der Waals surface area contributed by atoms with Crippen molar-refractivity contribution in [3.63, 3.8) is 0 Å². The normalized spacial score (nSPS) is 11.4. The number of hydrogen-bond acceptors (Lipinski definition) is 5. The van der Waals surface area contributed by atoms with Crippen LogP contribution < -0.4 is 5.56 Å². The summed E-state index contributed by atoms with van der Waals surface area (Å²) in [4.78, 5) is 21.4. The Kier molecular flexibility index (Phi) is 4.79. The van der Waals surface area contributed by atoms with Crippen LogP contribution >= 0.6 is 11.8 Å². The van der Waals surface area contributed by atoms with E-state index >= 15 is 0 Å². The minimum absolute atomic E-state index is 0.123. The second kappa shape index (κ2) is 7.40. The van der Waals surface area contributed by atoms with Crippen LogP contribution in [-0.2, 0) is 12.3 Å². The molecule has 4 rings (SSSR count). The summed E-state index contributed by atoms with van der Waals surface area (Å²) < 4.78 is 29.3. The Bertz CT molecular complexity index is 1280. The molecule has 0 N–H and O–H groups in total. The van der Waals surface area contributed by atoms with Crippen molar-refractivity contribution >= 4 is 33.7 Å². The predicted molar refractivity (Wildman–Crippen MR) is 102 cm³/mol. The van der Waals surface area contributed by atoms with Crippen molar-refractivity contribution in [3.8, 4) is 6.07 Å². The molecule has 0 fully saturated rings. The van der Waals surface area contributed by atoms with Crippen LogP contribution in [0.4, 0.5) is 8.78 Å². The van der Waals surface area contributed by atoms with Gasteiger partial charge in [0.05, 0.1) is 33.8 Å². The van der Waals surface area contributed by atoms with Crippen molar-refractivity contribution in [2.75, 3.05) is 0 Å². The highest BCUT2D eigenvalue weighted by molar-refractivity contribution is 7.98. The van der Waals surface area contributed by atoms with Crippen LogP contribution in [0, 0.1) is 11.3 Å². The third-order valence-electron chi connectivity index (χ3n) is 4.26. The van der Waals surface area contributed by atoms with Gasteiger partial charge in [-0.2, -0.15) is 14.0 Å². The van der Waals surface area contributed by atoms with E-state index in [2.05, 4.69) is 9.97 Å². The fraction of sp³-hybridized carbons (Fsp3) is 0.158. The van der Waals surface area contributed by atoms with Gasteiger partial charge in [0.15, 0.2) is 5.16 Å². The fourth-order valence-corrected chi connectivity index (χ4v) is 3.96. The van der Waals surface area contributed by atoms with Crippen LogP contribution in [0.15, 0.2) is 58.5 Å². The van der Waals surface area contributed by atoms with E-state index in [0.717, 1.165) is 16.3 Å². The van der Waals surface area contributed by atoms with Crippen molar-refractivity contribution in [2.24, 2.45) is 0 Å². The van der Waals surface area contributed by atoms with Crippen LogP contribution in [0.3, 0.4) is 0 Å². The highest BCUT2D eigenvalue weighted by Gasteiger charge is 2.19. The molecular formula is C19H13F2N5OS. The van der Waals surface area contributed by atoms with Crippen molar-refractivity contribution in [1.82, 2.24) is 19.1 Å². The minimum atomic E-state index is -2.75. The number of nitrogens with zero attached hydrogens (tertiary/aromatic N) is 5. The van der Waals surface area contributed by atoms with E-state index in [1.54, 1.807) is 48.5 Å². The molecule has 0 saturated heterocycles. The molecule has 4 aromatic rings. The molecule has 6 nitrogen and oxygen atoms in total. The molecule has 9 heteroatoms. The van der Waals surface area contributed by atoms with Gasteiger partial charge in [0, 0.05) is 0 Å². The quantitative estimate of drug-likeness (QED) is 0.477. The SMILES string of the molecule is N#CCn1c(CSc2nc3ccccc3n2C(F)F)nc2ccccc2c1=O. The zero-order valence-electron chi connectivity index (χ0n) is 14.4. The Morgan fingerprint density at radius 3 is 2.54 bits per heavy atom. The number of rotatable bonds is 5. The van der Waals surface area contributed by atoms with Gasteiger partial charge in [-0.05, 0) is 24.3 Å². The summed E-state index contributed by atoms with van der Waals surface area (Å²) in [6.07, 6.45) is 0. The topological polar surface area (TPSA) is 76.5 Å². The van der Waals surface area contributed by atoms with Gasteiger partial charge in [-0.15, -0.1) is 0 Å². The molecule has 28 heavy (non-hydrogen) atoms. The maximum atomic E-state index is 13.6. The van der Waals surface area contributed by atoms with E-state index in [9.17, 15) is 13.6 Å². The monoisotopic (exact) mass is 397 g/mol. The van der Waals surface area contributed by atoms with Crippen molar-refractivity contribution < 1.29 is 8.78 Å². The van der Waals surface area contributed by atoms with E-state index in [1.165, 1.54) is 4.57 Å². The lowest BCUT2D eigenvalue weighted by molar-refractivity contribution is 0.0656. The standard InChI is InChI=1S/C19H13F2N5OS/c20-18(21)26-15-8-4-3-7-14(15)24-19(26)28-11-16-23-13-6-2-1-5-12(13)17(27)25(16)10-9-22/h1-8,18H,10-11H2. The van der Waals surface area contributed by atoms with E-state index in [4.69, 9.17) is 5.26 Å². The van der Waals surface area contributed by atoms with Crippen LogP contribution in [-0.4, -0.2) is 19.1 Å². The summed E-state index contributed by atoms with van der Waals surface area (Å²) in [5.74, 6) is 0.459. The zero-order valence-corrected chi connectivity index (χ0v) is 15.2. The lowest BCUT2D eigenvalue weighted by atomic mass is 10.2. The Hall–Kier alpha value is -3.25. The van der Waals surface area contributed by atoms with Gasteiger partial charge in [0.2, 0.25) is 0 Å². The van der Waals surface area contributed by atoms with Gasteiger partial charge in [-0.3, -0.25) is 13.9 Å². The van der Waals surface area contributed by atoms with Gasteiger partial charge in [-0.25, -0.2) is 9.97 Å². The predicted octanol–water partition coefficient (Wildman–Crippen LogP) is 3.96. The molecule has 0 radical (unpaired) electrons. The fourth-order valence-electron chi connectivity index (χ4n) is 3.00. The molecule has 0 aliphatic heterocycles. The Morgan fingerprint density at radius 1 is 1.07 bits per heavy atom. The number of fused-ring (bicyclic) bond motifs is 2. The summed E-state index contributed by atoms with van der Waals surface area (Å²) in [6, 6.07) is 15.4. The molecule has 2 heterocycles. The molecule has 0 spiro atoms. The summed E-state index contributed by atoms with van der Waals surface area (Å²) in [5.41, 5.74) is 0.969. The van der Waals surface area contributed by atoms with Gasteiger partial charge in [0.1, 0.15) is 12.4 Å². The first-order chi connectivity index (χ1) is 13.6.